The molecule has 2 aromatic rings. The topological polar surface area (TPSA) is 31.1 Å². The van der Waals surface area contributed by atoms with Gasteiger partial charge in [0.15, 0.2) is 0 Å². The van der Waals surface area contributed by atoms with Gasteiger partial charge in [-0.25, -0.2) is 0 Å². The summed E-state index contributed by atoms with van der Waals surface area (Å²) in [6.07, 6.45) is 2.46. The van der Waals surface area contributed by atoms with Gasteiger partial charge in [0, 0.05) is 30.0 Å². The van der Waals surface area contributed by atoms with Gasteiger partial charge in [-0.05, 0) is 32.0 Å². The molecule has 1 aromatic carbocycles. The van der Waals surface area contributed by atoms with E-state index >= 15 is 0 Å². The molecule has 0 bridgehead atoms. The van der Waals surface area contributed by atoms with Crippen LogP contribution in [0.4, 0.5) is 5.82 Å². The van der Waals surface area contributed by atoms with E-state index in [4.69, 9.17) is 0 Å². The number of aromatic amines is 1. The van der Waals surface area contributed by atoms with Gasteiger partial charge in [0.2, 0.25) is 0 Å². The van der Waals surface area contributed by atoms with Gasteiger partial charge in [-0.1, -0.05) is 18.2 Å². The fraction of sp³-hybridized carbons (Fsp3) is 0.429. The third-order valence-electron chi connectivity index (χ3n) is 3.76. The highest BCUT2D eigenvalue weighted by Crippen LogP contribution is 2.24. The molecule has 2 N–H and O–H groups in total. The van der Waals surface area contributed by atoms with E-state index in [9.17, 15) is 0 Å². The monoisotopic (exact) mass is 229 g/mol. The van der Waals surface area contributed by atoms with Crippen LogP contribution < -0.4 is 10.2 Å². The Labute approximate surface area is 102 Å². The highest BCUT2D eigenvalue weighted by molar-refractivity contribution is 5.83. The normalized spacial score (nSPS) is 17.8. The maximum absolute atomic E-state index is 3.50. The summed E-state index contributed by atoms with van der Waals surface area (Å²) in [7, 11) is 2.06. The lowest BCUT2D eigenvalue weighted by molar-refractivity contribution is 0.441. The third-order valence-corrected chi connectivity index (χ3v) is 3.76. The lowest BCUT2D eigenvalue weighted by atomic mass is 10.1. The maximum atomic E-state index is 3.50. The van der Waals surface area contributed by atoms with Crippen molar-refractivity contribution in [3.63, 3.8) is 0 Å². The van der Waals surface area contributed by atoms with Crippen molar-refractivity contribution in [3.8, 4) is 0 Å². The number of nitrogens with zero attached hydrogens (tertiary/aromatic N) is 1. The minimum atomic E-state index is 0.690. The van der Waals surface area contributed by atoms with Crippen molar-refractivity contribution in [2.24, 2.45) is 0 Å². The zero-order valence-corrected chi connectivity index (χ0v) is 10.2. The summed E-state index contributed by atoms with van der Waals surface area (Å²) in [4.78, 5) is 5.96. The van der Waals surface area contributed by atoms with Crippen molar-refractivity contribution in [1.29, 1.82) is 0 Å². The number of anilines is 1. The lowest BCUT2D eigenvalue weighted by Crippen LogP contribution is -2.41. The number of aromatic nitrogens is 1. The Balaban J connectivity index is 1.80. The van der Waals surface area contributed by atoms with Crippen molar-refractivity contribution in [1.82, 2.24) is 10.3 Å². The molecule has 3 heteroatoms. The largest absolute Gasteiger partial charge is 0.358 e. The predicted octanol–water partition coefficient (Wildman–Crippen LogP) is 2.36. The van der Waals surface area contributed by atoms with Gasteiger partial charge < -0.3 is 15.2 Å². The molecule has 90 valence electrons. The number of hydrogen-bond acceptors (Lipinski definition) is 2. The van der Waals surface area contributed by atoms with Crippen molar-refractivity contribution < 1.29 is 0 Å². The summed E-state index contributed by atoms with van der Waals surface area (Å²) in [5.41, 5.74) is 1.23. The van der Waals surface area contributed by atoms with E-state index in [-0.39, 0.29) is 0 Å². The Bertz CT molecular complexity index is 462. The molecule has 0 atom stereocenters. The second-order valence-electron chi connectivity index (χ2n) is 4.79. The van der Waals surface area contributed by atoms with Crippen LogP contribution in [-0.2, 0) is 0 Å². The number of rotatable bonds is 2. The number of benzene rings is 1. The van der Waals surface area contributed by atoms with E-state index in [2.05, 4.69) is 52.6 Å². The standard InChI is InChI=1S/C14H19N3/c1-15-12-6-8-17(9-7-12)14-10-11-4-2-3-5-13(11)16-14/h2-5,10,12,15-16H,6-9H2,1H3. The summed E-state index contributed by atoms with van der Waals surface area (Å²) in [6, 6.07) is 11.4. The molecule has 1 aliphatic rings. The summed E-state index contributed by atoms with van der Waals surface area (Å²) >= 11 is 0. The second kappa shape index (κ2) is 4.41. The van der Waals surface area contributed by atoms with Crippen LogP contribution in [0.3, 0.4) is 0 Å². The SMILES string of the molecule is CNC1CCN(c2cc3ccccc3[nH]2)CC1. The van der Waals surface area contributed by atoms with E-state index in [1.54, 1.807) is 0 Å². The fourth-order valence-electron chi connectivity index (χ4n) is 2.64. The number of hydrogen-bond donors (Lipinski definition) is 2. The Morgan fingerprint density at radius 2 is 2.00 bits per heavy atom. The highest BCUT2D eigenvalue weighted by atomic mass is 15.2. The van der Waals surface area contributed by atoms with Gasteiger partial charge in [0.25, 0.3) is 0 Å². The van der Waals surface area contributed by atoms with Gasteiger partial charge in [0.1, 0.15) is 5.82 Å². The zero-order chi connectivity index (χ0) is 11.7. The summed E-state index contributed by atoms with van der Waals surface area (Å²) in [5.74, 6) is 1.26. The molecule has 0 saturated carbocycles. The number of nitrogens with one attached hydrogen (secondary N) is 2. The van der Waals surface area contributed by atoms with Crippen LogP contribution >= 0.6 is 0 Å². The van der Waals surface area contributed by atoms with E-state index in [0.717, 1.165) is 13.1 Å². The molecule has 1 aromatic heterocycles. The van der Waals surface area contributed by atoms with E-state index in [1.807, 2.05) is 0 Å². The van der Waals surface area contributed by atoms with Gasteiger partial charge in [0.05, 0.1) is 0 Å². The minimum Gasteiger partial charge on any atom is -0.358 e. The van der Waals surface area contributed by atoms with Crippen LogP contribution in [-0.4, -0.2) is 31.2 Å². The molecule has 0 unspecified atom stereocenters. The fourth-order valence-corrected chi connectivity index (χ4v) is 2.64. The quantitative estimate of drug-likeness (QED) is 0.828. The number of H-pyrrole nitrogens is 1. The molecule has 17 heavy (non-hydrogen) atoms. The van der Waals surface area contributed by atoms with Crippen LogP contribution in [0.15, 0.2) is 30.3 Å². The summed E-state index contributed by atoms with van der Waals surface area (Å²) < 4.78 is 0. The highest BCUT2D eigenvalue weighted by Gasteiger charge is 2.18. The molecular formula is C14H19N3. The van der Waals surface area contributed by atoms with Gasteiger partial charge in [-0.2, -0.15) is 0 Å². The Kier molecular flexibility index (Phi) is 2.77. The van der Waals surface area contributed by atoms with Crippen LogP contribution in [0, 0.1) is 0 Å². The van der Waals surface area contributed by atoms with Crippen LogP contribution in [0.1, 0.15) is 12.8 Å². The van der Waals surface area contributed by atoms with E-state index in [1.165, 1.54) is 29.6 Å². The molecule has 1 saturated heterocycles. The molecule has 0 amide bonds. The first-order valence-corrected chi connectivity index (χ1v) is 6.37. The first kappa shape index (κ1) is 10.7. The van der Waals surface area contributed by atoms with Gasteiger partial charge in [-0.3, -0.25) is 0 Å². The smallest absolute Gasteiger partial charge is 0.106 e. The average Bonchev–Trinajstić information content (AvgIpc) is 2.82. The molecule has 0 aliphatic carbocycles. The number of fused-ring (bicyclic) bond motifs is 1. The van der Waals surface area contributed by atoms with Gasteiger partial charge >= 0.3 is 0 Å². The third kappa shape index (κ3) is 2.03. The van der Waals surface area contributed by atoms with Crippen LogP contribution in [0.25, 0.3) is 10.9 Å². The van der Waals surface area contributed by atoms with Crippen molar-refractivity contribution in [3.05, 3.63) is 30.3 Å². The second-order valence-corrected chi connectivity index (χ2v) is 4.79. The Morgan fingerprint density at radius 3 is 2.71 bits per heavy atom. The van der Waals surface area contributed by atoms with E-state index in [0.29, 0.717) is 6.04 Å². The zero-order valence-electron chi connectivity index (χ0n) is 10.2. The molecule has 0 radical (unpaired) electrons. The molecule has 3 nitrogen and oxygen atoms in total. The molecular weight excluding hydrogens is 210 g/mol. The summed E-state index contributed by atoms with van der Waals surface area (Å²) in [5, 5.41) is 4.67. The van der Waals surface area contributed by atoms with Gasteiger partial charge in [-0.15, -0.1) is 0 Å². The van der Waals surface area contributed by atoms with Crippen LogP contribution in [0.2, 0.25) is 0 Å². The Morgan fingerprint density at radius 1 is 1.24 bits per heavy atom. The molecule has 2 heterocycles. The molecule has 0 spiro atoms. The molecule has 1 fully saturated rings. The van der Waals surface area contributed by atoms with Crippen LogP contribution in [0.5, 0.6) is 0 Å². The number of piperidine rings is 1. The van der Waals surface area contributed by atoms with E-state index < -0.39 is 0 Å². The molecule has 1 aliphatic heterocycles. The minimum absolute atomic E-state index is 0.690. The Hall–Kier alpha value is -1.48. The maximum Gasteiger partial charge on any atom is 0.106 e. The first-order chi connectivity index (χ1) is 8.36. The molecule has 3 rings (SSSR count). The van der Waals surface area contributed by atoms with Crippen molar-refractivity contribution >= 4 is 16.7 Å². The average molecular weight is 229 g/mol. The summed E-state index contributed by atoms with van der Waals surface area (Å²) in [6.45, 7) is 2.27. The number of para-hydroxylation sites is 1. The first-order valence-electron chi connectivity index (χ1n) is 6.37. The van der Waals surface area contributed by atoms with Crippen molar-refractivity contribution in [2.75, 3.05) is 25.0 Å². The lowest BCUT2D eigenvalue weighted by Gasteiger charge is -2.32. The predicted molar refractivity (Wildman–Crippen MR) is 72.6 cm³/mol. The van der Waals surface area contributed by atoms with Crippen molar-refractivity contribution in [2.45, 2.75) is 18.9 Å².